The Kier molecular flexibility index (Phi) is 18.6. The van der Waals surface area contributed by atoms with Crippen molar-refractivity contribution in [1.82, 2.24) is 5.32 Å². The standard InChI is InChI=1S/C28H33N2O3.2C7H7.Zr/c1-20(2)24-11-7-8-12-26(24)30-16-15-29-14-13-23-17-21(3)18-25(27(23)31)28(32)33-19-22-9-5-4-6-10-22;2*1-7-5-3-2-4-6-7;/h4-12,17-18,20,29H,13-16,19H2,1-3H3,(H,31,32);2*2-6H,1H2;/q3*-1;+4. The van der Waals surface area contributed by atoms with Crippen LogP contribution in [0.2, 0.25) is 0 Å². The van der Waals surface area contributed by atoms with Crippen LogP contribution in [0.25, 0.3) is 5.32 Å². The van der Waals surface area contributed by atoms with Crippen LogP contribution in [0.4, 0.5) is 5.69 Å². The Morgan fingerprint density at radius 2 is 1.33 bits per heavy atom. The number of rotatable bonds is 11. The summed E-state index contributed by atoms with van der Waals surface area (Å²) in [4.78, 5) is 12.6. The van der Waals surface area contributed by atoms with Crippen molar-refractivity contribution >= 4 is 11.7 Å². The van der Waals surface area contributed by atoms with Gasteiger partial charge in [-0.2, -0.15) is 49.2 Å². The second kappa shape index (κ2) is 22.3. The molecule has 6 heteroatoms. The fraction of sp³-hybridized carbons (Fsp3) is 0.214. The largest absolute Gasteiger partial charge is 4.00 e. The second-order valence-corrected chi connectivity index (χ2v) is 11.4. The summed E-state index contributed by atoms with van der Waals surface area (Å²) >= 11 is 0. The summed E-state index contributed by atoms with van der Waals surface area (Å²) in [5.41, 5.74) is 7.21. The van der Waals surface area contributed by atoms with Crippen molar-refractivity contribution in [3.63, 3.8) is 0 Å². The van der Waals surface area contributed by atoms with Crippen LogP contribution in [-0.4, -0.2) is 30.7 Å². The number of phenolic OH excluding ortho intramolecular Hbond substituents is 1. The predicted molar refractivity (Wildman–Crippen MR) is 195 cm³/mol. The average molecular weight is 719 g/mol. The van der Waals surface area contributed by atoms with Gasteiger partial charge in [0.1, 0.15) is 17.9 Å². The van der Waals surface area contributed by atoms with Gasteiger partial charge in [0.05, 0.1) is 0 Å². The Labute approximate surface area is 306 Å². The minimum absolute atomic E-state index is 0. The van der Waals surface area contributed by atoms with Crippen LogP contribution < -0.4 is 5.32 Å². The van der Waals surface area contributed by atoms with Crippen molar-refractivity contribution in [2.24, 2.45) is 0 Å². The van der Waals surface area contributed by atoms with Gasteiger partial charge in [-0.1, -0.05) is 92.2 Å². The molecule has 5 nitrogen and oxygen atoms in total. The quantitative estimate of drug-likeness (QED) is 0.0811. The van der Waals surface area contributed by atoms with Crippen LogP contribution in [0.5, 0.6) is 5.75 Å². The van der Waals surface area contributed by atoms with E-state index in [4.69, 9.17) is 10.1 Å². The van der Waals surface area contributed by atoms with Gasteiger partial charge in [-0.15, -0.1) is 36.5 Å². The minimum Gasteiger partial charge on any atom is -0.683 e. The van der Waals surface area contributed by atoms with Crippen LogP contribution in [0.3, 0.4) is 0 Å². The smallest absolute Gasteiger partial charge is 0.683 e. The van der Waals surface area contributed by atoms with Crippen molar-refractivity contribution in [2.45, 2.75) is 39.7 Å². The predicted octanol–water partition coefficient (Wildman–Crippen LogP) is 9.75. The maximum atomic E-state index is 12.6. The third-order valence-corrected chi connectivity index (χ3v) is 7.15. The monoisotopic (exact) mass is 717 g/mol. The maximum Gasteiger partial charge on any atom is 4.00 e. The van der Waals surface area contributed by atoms with Gasteiger partial charge in [-0.3, -0.25) is 0 Å². The molecule has 0 saturated heterocycles. The van der Waals surface area contributed by atoms with Crippen molar-refractivity contribution in [1.29, 1.82) is 0 Å². The fourth-order valence-corrected chi connectivity index (χ4v) is 4.68. The van der Waals surface area contributed by atoms with Gasteiger partial charge in [0, 0.05) is 0 Å². The van der Waals surface area contributed by atoms with Gasteiger partial charge < -0.3 is 20.5 Å². The molecule has 0 spiro atoms. The molecule has 0 bridgehead atoms. The molecular formula is C42H47N2O3Zr+. The third kappa shape index (κ3) is 14.7. The molecule has 0 aliphatic carbocycles. The number of aryl methyl sites for hydroxylation is 1. The summed E-state index contributed by atoms with van der Waals surface area (Å²) in [7, 11) is 0. The zero-order valence-corrected chi connectivity index (χ0v) is 30.8. The summed E-state index contributed by atoms with van der Waals surface area (Å²) in [5.74, 6) is -0.0799. The number of carbonyl (C=O) groups is 1. The molecule has 0 aliphatic rings. The third-order valence-electron chi connectivity index (χ3n) is 7.15. The number of aromatic hydroxyl groups is 1. The summed E-state index contributed by atoms with van der Waals surface area (Å²) < 4.78 is 5.40. The SMILES string of the molecule is Cc1cc(CCNCC[N-]c2ccccc2C(C)C)c(O)c(C(=O)OCc2ccccc2)c1.[CH2-]c1ccccc1.[CH2-]c1ccccc1.[Zr+4]. The number of carbonyl (C=O) groups excluding carboxylic acids is 1. The number of nitrogens with zero attached hydrogens (tertiary/aromatic N) is 1. The van der Waals surface area contributed by atoms with Gasteiger partial charge >= 0.3 is 32.2 Å². The van der Waals surface area contributed by atoms with Crippen molar-refractivity contribution in [2.75, 3.05) is 19.6 Å². The molecule has 48 heavy (non-hydrogen) atoms. The Morgan fingerprint density at radius 3 is 1.88 bits per heavy atom. The molecule has 0 saturated carbocycles. The molecule has 0 fully saturated rings. The number of hydrogen-bond acceptors (Lipinski definition) is 4. The molecule has 5 aromatic carbocycles. The first-order valence-electron chi connectivity index (χ1n) is 16.0. The van der Waals surface area contributed by atoms with Crippen LogP contribution in [-0.2, 0) is 44.0 Å². The van der Waals surface area contributed by atoms with Gasteiger partial charge in [0.2, 0.25) is 0 Å². The molecule has 0 unspecified atom stereocenters. The van der Waals surface area contributed by atoms with E-state index < -0.39 is 5.97 Å². The number of hydrogen-bond donors (Lipinski definition) is 2. The van der Waals surface area contributed by atoms with E-state index >= 15 is 0 Å². The second-order valence-electron chi connectivity index (χ2n) is 11.4. The molecule has 0 atom stereocenters. The van der Waals surface area contributed by atoms with Gasteiger partial charge in [0.15, 0.2) is 0 Å². The number of ether oxygens (including phenoxy) is 1. The Bertz CT molecular complexity index is 1570. The topological polar surface area (TPSA) is 72.7 Å². The molecule has 0 aliphatic heterocycles. The van der Waals surface area contributed by atoms with E-state index in [1.54, 1.807) is 6.07 Å². The van der Waals surface area contributed by atoms with Crippen LogP contribution in [0.15, 0.2) is 127 Å². The normalized spacial score (nSPS) is 10.0. The van der Waals surface area contributed by atoms with Gasteiger partial charge in [-0.25, -0.2) is 4.79 Å². The summed E-state index contributed by atoms with van der Waals surface area (Å²) in [6.45, 7) is 16.0. The zero-order chi connectivity index (χ0) is 33.9. The van der Waals surface area contributed by atoms with E-state index in [0.29, 0.717) is 25.4 Å². The van der Waals surface area contributed by atoms with E-state index in [-0.39, 0.29) is 44.1 Å². The number of esters is 1. The first-order chi connectivity index (χ1) is 22.7. The van der Waals surface area contributed by atoms with E-state index in [1.165, 1.54) is 5.56 Å². The molecule has 0 radical (unpaired) electrons. The van der Waals surface area contributed by atoms with Crippen LogP contribution in [0.1, 0.15) is 63.5 Å². The van der Waals surface area contributed by atoms with Gasteiger partial charge in [-0.05, 0) is 55.1 Å². The van der Waals surface area contributed by atoms with Gasteiger partial charge in [0.25, 0.3) is 0 Å². The summed E-state index contributed by atoms with van der Waals surface area (Å²) in [6, 6.07) is 41.1. The van der Waals surface area contributed by atoms with Crippen molar-refractivity contribution < 1.29 is 40.8 Å². The van der Waals surface area contributed by atoms with E-state index in [9.17, 15) is 9.90 Å². The number of phenols is 1. The Balaban J connectivity index is 0.000000437. The first-order valence-corrected chi connectivity index (χ1v) is 16.0. The molecule has 2 N–H and O–H groups in total. The van der Waals surface area contributed by atoms with E-state index in [0.717, 1.165) is 40.0 Å². The van der Waals surface area contributed by atoms with Crippen molar-refractivity contribution in [3.8, 4) is 5.75 Å². The minimum atomic E-state index is -0.517. The van der Waals surface area contributed by atoms with Crippen molar-refractivity contribution in [3.05, 3.63) is 186 Å². The molecule has 5 aromatic rings. The van der Waals surface area contributed by atoms with E-state index in [1.807, 2.05) is 116 Å². The summed E-state index contributed by atoms with van der Waals surface area (Å²) in [6.07, 6.45) is 0.606. The number of benzene rings is 5. The zero-order valence-electron chi connectivity index (χ0n) is 28.4. The Hall–Kier alpha value is -4.25. The molecule has 5 rings (SSSR count). The first kappa shape index (κ1) is 39.9. The molecule has 0 heterocycles. The van der Waals surface area contributed by atoms with Crippen LogP contribution in [0, 0.1) is 20.8 Å². The van der Waals surface area contributed by atoms with Crippen LogP contribution >= 0.6 is 0 Å². The summed E-state index contributed by atoms with van der Waals surface area (Å²) in [5, 5.41) is 18.8. The number of para-hydroxylation sites is 1. The molecule has 0 aromatic heterocycles. The average Bonchev–Trinajstić information content (AvgIpc) is 3.08. The molecular weight excluding hydrogens is 672 g/mol. The van der Waals surface area contributed by atoms with E-state index in [2.05, 4.69) is 45.1 Å². The maximum absolute atomic E-state index is 12.6. The Morgan fingerprint density at radius 1 is 0.792 bits per heavy atom. The number of nitrogens with one attached hydrogen (secondary N) is 1. The molecule has 0 amide bonds. The molecule has 246 valence electrons. The fourth-order valence-electron chi connectivity index (χ4n) is 4.68.